The van der Waals surface area contributed by atoms with E-state index in [9.17, 15) is 13.2 Å². The van der Waals surface area contributed by atoms with E-state index in [1.54, 1.807) is 18.3 Å². The lowest BCUT2D eigenvalue weighted by molar-refractivity contribution is -0.115. The summed E-state index contributed by atoms with van der Waals surface area (Å²) in [6.07, 6.45) is 2.98. The molecule has 3 aromatic rings. The fourth-order valence-electron chi connectivity index (χ4n) is 4.27. The van der Waals surface area contributed by atoms with Crippen molar-refractivity contribution in [1.82, 2.24) is 14.9 Å². The van der Waals surface area contributed by atoms with Gasteiger partial charge in [0, 0.05) is 23.9 Å². The van der Waals surface area contributed by atoms with Crippen molar-refractivity contribution in [3.63, 3.8) is 0 Å². The SMILES string of the molecule is CC(C)C1c2nc(NC(=O)Cc3ccc(S(C)(=O)=O)cc3)sc2CN1[C@@H](C)c1ccc(Cl)cn1. The Morgan fingerprint density at radius 3 is 2.50 bits per heavy atom. The number of benzene rings is 1. The molecule has 2 atom stereocenters. The van der Waals surface area contributed by atoms with Crippen LogP contribution in [0.5, 0.6) is 0 Å². The molecular formula is C24H27ClN4O3S2. The maximum Gasteiger partial charge on any atom is 0.230 e. The number of halogens is 1. The molecule has 2 aromatic heterocycles. The highest BCUT2D eigenvalue weighted by atomic mass is 35.5. The zero-order valence-corrected chi connectivity index (χ0v) is 21.8. The molecule has 1 aliphatic rings. The van der Waals surface area contributed by atoms with Gasteiger partial charge >= 0.3 is 0 Å². The van der Waals surface area contributed by atoms with Crippen LogP contribution in [-0.4, -0.2) is 35.4 Å². The number of aromatic nitrogens is 2. The third-order valence-corrected chi connectivity index (χ3v) is 8.28. The summed E-state index contributed by atoms with van der Waals surface area (Å²) in [4.78, 5) is 25.7. The summed E-state index contributed by atoms with van der Waals surface area (Å²) in [7, 11) is -3.26. The minimum absolute atomic E-state index is 0.0963. The first-order chi connectivity index (χ1) is 16.0. The lowest BCUT2D eigenvalue weighted by atomic mass is 10.00. The highest BCUT2D eigenvalue weighted by molar-refractivity contribution is 7.90. The number of hydrogen-bond acceptors (Lipinski definition) is 7. The standard InChI is InChI=1S/C24H27ClN4O3S2/c1-14(2)23-22-20(13-29(23)15(3)19-10-7-17(25)12-26-19)33-24(28-22)27-21(30)11-16-5-8-18(9-6-16)34(4,31)32/h5-10,12,14-15,23H,11,13H2,1-4H3,(H,27,28,30)/t15-,23?/m0/s1. The van der Waals surface area contributed by atoms with Gasteiger partial charge in [-0.2, -0.15) is 0 Å². The van der Waals surface area contributed by atoms with E-state index in [1.165, 1.54) is 23.5 Å². The molecule has 1 aromatic carbocycles. The van der Waals surface area contributed by atoms with Crippen LogP contribution in [0.15, 0.2) is 47.5 Å². The van der Waals surface area contributed by atoms with Crippen LogP contribution in [0.4, 0.5) is 5.13 Å². The van der Waals surface area contributed by atoms with Crippen molar-refractivity contribution in [1.29, 1.82) is 0 Å². The Morgan fingerprint density at radius 2 is 1.91 bits per heavy atom. The minimum atomic E-state index is -3.26. The monoisotopic (exact) mass is 518 g/mol. The second-order valence-corrected chi connectivity index (χ2v) is 12.4. The number of rotatable bonds is 7. The van der Waals surface area contributed by atoms with E-state index < -0.39 is 9.84 Å². The van der Waals surface area contributed by atoms with Crippen LogP contribution in [0.25, 0.3) is 0 Å². The van der Waals surface area contributed by atoms with Gasteiger partial charge < -0.3 is 5.32 Å². The molecule has 0 saturated carbocycles. The van der Waals surface area contributed by atoms with E-state index in [-0.39, 0.29) is 29.3 Å². The predicted molar refractivity (Wildman–Crippen MR) is 135 cm³/mol. The molecule has 1 aliphatic heterocycles. The normalized spacial score (nSPS) is 17.1. The number of sulfone groups is 1. The van der Waals surface area contributed by atoms with Gasteiger partial charge in [0.1, 0.15) is 0 Å². The van der Waals surface area contributed by atoms with Crippen molar-refractivity contribution >= 4 is 43.8 Å². The number of amides is 1. The number of pyridine rings is 1. The first-order valence-electron chi connectivity index (χ1n) is 11.0. The maximum atomic E-state index is 12.6. The van der Waals surface area contributed by atoms with Gasteiger partial charge in [-0.1, -0.05) is 37.6 Å². The van der Waals surface area contributed by atoms with Gasteiger partial charge in [-0.25, -0.2) is 13.4 Å². The lowest BCUT2D eigenvalue weighted by Crippen LogP contribution is -2.29. The predicted octanol–water partition coefficient (Wildman–Crippen LogP) is 5.05. The smallest absolute Gasteiger partial charge is 0.230 e. The zero-order valence-electron chi connectivity index (χ0n) is 19.4. The highest BCUT2D eigenvalue weighted by Crippen LogP contribution is 2.46. The number of nitrogens with one attached hydrogen (secondary N) is 1. The van der Waals surface area contributed by atoms with E-state index in [2.05, 4.69) is 36.0 Å². The summed E-state index contributed by atoms with van der Waals surface area (Å²) in [6.45, 7) is 7.23. The van der Waals surface area contributed by atoms with E-state index in [0.717, 1.165) is 34.6 Å². The molecular weight excluding hydrogens is 492 g/mol. The number of hydrogen-bond donors (Lipinski definition) is 1. The quantitative estimate of drug-likeness (QED) is 0.470. The number of carbonyl (C=O) groups is 1. The van der Waals surface area contributed by atoms with Gasteiger partial charge in [0.25, 0.3) is 0 Å². The summed E-state index contributed by atoms with van der Waals surface area (Å²) < 4.78 is 23.2. The molecule has 0 bridgehead atoms. The Bertz CT molecular complexity index is 1290. The minimum Gasteiger partial charge on any atom is -0.302 e. The molecule has 1 N–H and O–H groups in total. The van der Waals surface area contributed by atoms with Crippen LogP contribution >= 0.6 is 22.9 Å². The van der Waals surface area contributed by atoms with Crippen molar-refractivity contribution in [2.24, 2.45) is 5.92 Å². The Morgan fingerprint density at radius 1 is 1.21 bits per heavy atom. The number of carbonyl (C=O) groups excluding carboxylic acids is 1. The first-order valence-corrected chi connectivity index (χ1v) is 14.1. The Labute approximate surface area is 209 Å². The van der Waals surface area contributed by atoms with Crippen LogP contribution in [0.1, 0.15) is 54.7 Å². The third kappa shape index (κ3) is 5.33. The van der Waals surface area contributed by atoms with Crippen LogP contribution < -0.4 is 5.32 Å². The molecule has 3 heterocycles. The topological polar surface area (TPSA) is 92.3 Å². The number of fused-ring (bicyclic) bond motifs is 1. The second kappa shape index (κ2) is 9.73. The van der Waals surface area contributed by atoms with Crippen molar-refractivity contribution in [2.75, 3.05) is 11.6 Å². The van der Waals surface area contributed by atoms with Gasteiger partial charge in [0.15, 0.2) is 15.0 Å². The van der Waals surface area contributed by atoms with Crippen LogP contribution in [0.2, 0.25) is 5.02 Å². The molecule has 4 rings (SSSR count). The molecule has 180 valence electrons. The van der Waals surface area contributed by atoms with E-state index in [4.69, 9.17) is 16.6 Å². The van der Waals surface area contributed by atoms with Gasteiger partial charge in [-0.15, -0.1) is 11.3 Å². The molecule has 1 unspecified atom stereocenters. The lowest BCUT2D eigenvalue weighted by Gasteiger charge is -2.32. The second-order valence-electron chi connectivity index (χ2n) is 8.91. The summed E-state index contributed by atoms with van der Waals surface area (Å²) in [5, 5.41) is 4.12. The Hall–Kier alpha value is -2.33. The van der Waals surface area contributed by atoms with Crippen molar-refractivity contribution in [3.8, 4) is 0 Å². The molecule has 0 radical (unpaired) electrons. The molecule has 0 aliphatic carbocycles. The zero-order chi connectivity index (χ0) is 24.6. The number of thiazole rings is 1. The van der Waals surface area contributed by atoms with Crippen LogP contribution in [-0.2, 0) is 27.6 Å². The average Bonchev–Trinajstić information content (AvgIpc) is 3.30. The number of nitrogens with zero attached hydrogens (tertiary/aromatic N) is 3. The molecule has 10 heteroatoms. The van der Waals surface area contributed by atoms with Crippen LogP contribution in [0.3, 0.4) is 0 Å². The maximum absolute atomic E-state index is 12.6. The molecule has 1 amide bonds. The van der Waals surface area contributed by atoms with Gasteiger partial charge in [0.2, 0.25) is 5.91 Å². The van der Waals surface area contributed by atoms with E-state index in [1.807, 2.05) is 12.1 Å². The number of anilines is 1. The Kier molecular flexibility index (Phi) is 7.09. The molecule has 0 fully saturated rings. The fourth-order valence-corrected chi connectivity index (χ4v) is 6.04. The largest absolute Gasteiger partial charge is 0.302 e. The van der Waals surface area contributed by atoms with E-state index >= 15 is 0 Å². The van der Waals surface area contributed by atoms with Crippen molar-refractivity contribution in [3.05, 3.63) is 69.4 Å². The van der Waals surface area contributed by atoms with Gasteiger partial charge in [0.05, 0.1) is 39.8 Å². The van der Waals surface area contributed by atoms with Gasteiger partial charge in [-0.05, 0) is 42.7 Å². The summed E-state index contributed by atoms with van der Waals surface area (Å²) in [5.41, 5.74) is 2.71. The summed E-state index contributed by atoms with van der Waals surface area (Å²) in [5.74, 6) is 0.145. The molecule has 34 heavy (non-hydrogen) atoms. The van der Waals surface area contributed by atoms with Crippen molar-refractivity contribution < 1.29 is 13.2 Å². The van der Waals surface area contributed by atoms with Crippen molar-refractivity contribution in [2.45, 2.75) is 50.7 Å². The molecule has 7 nitrogen and oxygen atoms in total. The van der Waals surface area contributed by atoms with Gasteiger partial charge in [-0.3, -0.25) is 14.7 Å². The fraction of sp³-hybridized carbons (Fsp3) is 0.375. The van der Waals surface area contributed by atoms with E-state index in [0.29, 0.717) is 16.1 Å². The Balaban J connectivity index is 1.45. The summed E-state index contributed by atoms with van der Waals surface area (Å²) >= 11 is 7.50. The molecule has 0 saturated heterocycles. The highest BCUT2D eigenvalue weighted by Gasteiger charge is 2.39. The molecule has 0 spiro atoms. The third-order valence-electron chi connectivity index (χ3n) is 5.96. The first kappa shape index (κ1) is 24.8. The summed E-state index contributed by atoms with van der Waals surface area (Å²) in [6, 6.07) is 10.4. The average molecular weight is 519 g/mol. The van der Waals surface area contributed by atoms with Crippen LogP contribution in [0, 0.1) is 5.92 Å².